The molecule has 5 unspecified atom stereocenters. The minimum Gasteiger partial charge on any atom is -0.462 e. The number of unbranched alkanes of at least 4 members (excludes halogenated alkanes) is 10. The van der Waals surface area contributed by atoms with Crippen LogP contribution in [-0.4, -0.2) is 137 Å². The zero-order valence-electron chi connectivity index (χ0n) is 40.7. The summed E-state index contributed by atoms with van der Waals surface area (Å²) in [5, 5.41) is 71.9. The van der Waals surface area contributed by atoms with Gasteiger partial charge in [-0.3, -0.25) is 23.2 Å². The van der Waals surface area contributed by atoms with Gasteiger partial charge in [-0.05, 0) is 64.2 Å². The summed E-state index contributed by atoms with van der Waals surface area (Å²) < 4.78 is 49.1. The van der Waals surface area contributed by atoms with E-state index in [0.29, 0.717) is 12.8 Å². The molecule has 1 rings (SSSR count). The molecule has 0 radical (unpaired) electrons. The van der Waals surface area contributed by atoms with Gasteiger partial charge in [0.2, 0.25) is 0 Å². The van der Waals surface area contributed by atoms with Crippen molar-refractivity contribution in [2.24, 2.45) is 0 Å². The lowest BCUT2D eigenvalue weighted by molar-refractivity contribution is -0.216. The van der Waals surface area contributed by atoms with E-state index < -0.39 is 102 Å². The second-order valence-corrected chi connectivity index (χ2v) is 19.6. The highest BCUT2D eigenvalue weighted by molar-refractivity contribution is 7.47. The minimum absolute atomic E-state index is 0.0164. The molecule has 1 aliphatic rings. The molecular weight excluding hydrogens is 954 g/mol. The Balaban J connectivity index is 2.73. The van der Waals surface area contributed by atoms with Gasteiger partial charge < -0.3 is 59.9 Å². The molecule has 21 heteroatoms. The van der Waals surface area contributed by atoms with E-state index >= 15 is 0 Å². The maximum Gasteiger partial charge on any atom is 0.472 e. The Kier molecular flexibility index (Phi) is 35.9. The van der Waals surface area contributed by atoms with Crippen LogP contribution >= 0.6 is 15.6 Å². The molecule has 19 nitrogen and oxygen atoms in total. The molecule has 11 atom stereocenters. The summed E-state index contributed by atoms with van der Waals surface area (Å²) in [6, 6.07) is 0. The normalized spacial score (nSPS) is 23.1. The lowest BCUT2D eigenvalue weighted by Gasteiger charge is -2.43. The van der Waals surface area contributed by atoms with Crippen molar-refractivity contribution in [3.63, 3.8) is 0 Å². The van der Waals surface area contributed by atoms with Crippen LogP contribution in [0.3, 0.4) is 0 Å². The number of ether oxygens (including phenoxy) is 2. The first-order valence-electron chi connectivity index (χ1n) is 24.5. The lowest BCUT2D eigenvalue weighted by atomic mass is 9.85. The van der Waals surface area contributed by atoms with Crippen molar-refractivity contribution >= 4 is 27.6 Å². The number of rotatable bonds is 39. The first-order chi connectivity index (χ1) is 33.3. The van der Waals surface area contributed by atoms with E-state index in [2.05, 4.69) is 35.8 Å². The Morgan fingerprint density at radius 3 is 1.76 bits per heavy atom. The molecular formula is C49H82O19P2. The van der Waals surface area contributed by atoms with Crippen molar-refractivity contribution in [3.05, 3.63) is 85.1 Å². The van der Waals surface area contributed by atoms with E-state index in [1.807, 2.05) is 19.1 Å². The summed E-state index contributed by atoms with van der Waals surface area (Å²) >= 11 is 0. The SMILES string of the molecule is CC/C=C\C[C@H](O)/C=C/C=C/C=C\C=C/[C@@H](O)[C@H](O)CCCC(=O)O[C@H](COC(=O)CCCCCCCCC/C=C\C/C=C\CCCCC)COP(=O)(O)O[C@H]1C(O)C(O)C(O)[C@@H](OP(=O)(O)O)C1O. The first kappa shape index (κ1) is 65.1. The minimum atomic E-state index is -5.42. The molecule has 0 aliphatic heterocycles. The fourth-order valence-corrected chi connectivity index (χ4v) is 8.41. The number of carbonyl (C=O) groups is 2. The van der Waals surface area contributed by atoms with Gasteiger partial charge in [0.15, 0.2) is 6.10 Å². The van der Waals surface area contributed by atoms with Gasteiger partial charge in [-0.1, -0.05) is 144 Å². The molecule has 0 bridgehead atoms. The fraction of sp³-hybridized carbons (Fsp3) is 0.673. The van der Waals surface area contributed by atoms with Crippen LogP contribution in [0.2, 0.25) is 0 Å². The number of aliphatic hydroxyl groups is 7. The standard InChI is InChI=1S/C49H82O19P2/c1-3-5-7-8-9-10-11-12-13-14-15-16-17-18-19-24-28-34-42(53)64-36-39(37-65-70(62,63)68-49-46(57)44(55)45(56)48(47(49)58)67-69(59,60)61)66-43(54)35-29-33-41(52)40(51)32-27-23-21-20-22-26-31-38(50)30-25-6-4-2/h6,9-10,12-13,20-23,25-27,31-32,38-41,44-52,55-58H,3-5,7-8,11,14-19,24,28-30,33-37H2,1-2H3,(H,62,63)(H2,59,60,61)/b10-9-,13-12-,22-20+,23-21-,25-6-,31-26+,32-27-/t38-,39+,40+,41+,44?,45?,46?,47?,48+,49-/m0/s1. The molecule has 0 aromatic carbocycles. The topological polar surface area (TPSA) is 317 Å². The molecule has 0 amide bonds. The molecule has 70 heavy (non-hydrogen) atoms. The number of aliphatic hydroxyl groups excluding tert-OH is 7. The third-order valence-corrected chi connectivity index (χ3v) is 12.3. The molecule has 0 aromatic heterocycles. The molecule has 1 saturated carbocycles. The fourth-order valence-electron chi connectivity index (χ4n) is 6.87. The number of hydrogen-bond donors (Lipinski definition) is 10. The maximum absolute atomic E-state index is 13.0. The monoisotopic (exact) mass is 1040 g/mol. The molecule has 0 heterocycles. The van der Waals surface area contributed by atoms with Gasteiger partial charge in [0.05, 0.1) is 24.9 Å². The highest BCUT2D eigenvalue weighted by Gasteiger charge is 2.54. The largest absolute Gasteiger partial charge is 0.472 e. The number of phosphoric ester groups is 2. The molecule has 10 N–H and O–H groups in total. The van der Waals surface area contributed by atoms with Crippen molar-refractivity contribution in [2.75, 3.05) is 13.2 Å². The third-order valence-electron chi connectivity index (χ3n) is 10.8. The predicted molar refractivity (Wildman–Crippen MR) is 264 cm³/mol. The Hall–Kier alpha value is -2.94. The number of carbonyl (C=O) groups excluding carboxylic acids is 2. The Labute approximate surface area is 413 Å². The van der Waals surface area contributed by atoms with Crippen LogP contribution in [0.1, 0.15) is 136 Å². The molecule has 0 saturated heterocycles. The second-order valence-electron chi connectivity index (χ2n) is 17.0. The first-order valence-corrected chi connectivity index (χ1v) is 27.5. The smallest absolute Gasteiger partial charge is 0.462 e. The summed E-state index contributed by atoms with van der Waals surface area (Å²) in [5.41, 5.74) is 0. The van der Waals surface area contributed by atoms with Gasteiger partial charge in [-0.25, -0.2) is 9.13 Å². The molecule has 1 aliphatic carbocycles. The van der Waals surface area contributed by atoms with Gasteiger partial charge in [0, 0.05) is 12.8 Å². The summed E-state index contributed by atoms with van der Waals surface area (Å²) in [6.45, 7) is 2.60. The number of esters is 2. The van der Waals surface area contributed by atoms with Crippen molar-refractivity contribution in [1.29, 1.82) is 0 Å². The average Bonchev–Trinajstić information content (AvgIpc) is 3.31. The van der Waals surface area contributed by atoms with Gasteiger partial charge >= 0.3 is 27.6 Å². The van der Waals surface area contributed by atoms with Crippen molar-refractivity contribution in [2.45, 2.75) is 197 Å². The highest BCUT2D eigenvalue weighted by atomic mass is 31.2. The van der Waals surface area contributed by atoms with Crippen molar-refractivity contribution < 1.29 is 92.2 Å². The summed E-state index contributed by atoms with van der Waals surface area (Å²) in [4.78, 5) is 54.4. The van der Waals surface area contributed by atoms with E-state index in [0.717, 1.165) is 64.2 Å². The van der Waals surface area contributed by atoms with Crippen LogP contribution in [0.4, 0.5) is 0 Å². The molecule has 402 valence electrons. The van der Waals surface area contributed by atoms with Crippen LogP contribution in [0.15, 0.2) is 85.1 Å². The van der Waals surface area contributed by atoms with Gasteiger partial charge in [-0.2, -0.15) is 0 Å². The summed E-state index contributed by atoms with van der Waals surface area (Å²) in [5.74, 6) is -1.55. The van der Waals surface area contributed by atoms with Crippen LogP contribution in [0.25, 0.3) is 0 Å². The van der Waals surface area contributed by atoms with Gasteiger partial charge in [-0.15, -0.1) is 0 Å². The van der Waals surface area contributed by atoms with Crippen LogP contribution in [0, 0.1) is 0 Å². The number of phosphoric acid groups is 2. The van der Waals surface area contributed by atoms with E-state index in [9.17, 15) is 69.1 Å². The molecule has 0 spiro atoms. The number of hydrogen-bond acceptors (Lipinski definition) is 16. The Morgan fingerprint density at radius 2 is 1.14 bits per heavy atom. The average molecular weight is 1040 g/mol. The van der Waals surface area contributed by atoms with Crippen molar-refractivity contribution in [1.82, 2.24) is 0 Å². The van der Waals surface area contributed by atoms with E-state index in [4.69, 9.17) is 18.5 Å². The van der Waals surface area contributed by atoms with Gasteiger partial charge in [0.1, 0.15) is 43.2 Å². The zero-order valence-corrected chi connectivity index (χ0v) is 42.5. The van der Waals surface area contributed by atoms with Crippen LogP contribution in [0.5, 0.6) is 0 Å². The summed E-state index contributed by atoms with van der Waals surface area (Å²) in [7, 11) is -10.8. The van der Waals surface area contributed by atoms with E-state index in [-0.39, 0.29) is 25.7 Å². The zero-order chi connectivity index (χ0) is 52.2. The third kappa shape index (κ3) is 32.2. The van der Waals surface area contributed by atoms with Crippen molar-refractivity contribution in [3.8, 4) is 0 Å². The van der Waals surface area contributed by atoms with E-state index in [1.165, 1.54) is 31.4 Å². The highest BCUT2D eigenvalue weighted by Crippen LogP contribution is 2.49. The van der Waals surface area contributed by atoms with Crippen LogP contribution < -0.4 is 0 Å². The Morgan fingerprint density at radius 1 is 0.586 bits per heavy atom. The van der Waals surface area contributed by atoms with Gasteiger partial charge in [0.25, 0.3) is 0 Å². The second kappa shape index (κ2) is 38.6. The maximum atomic E-state index is 13.0. The predicted octanol–water partition coefficient (Wildman–Crippen LogP) is 6.31. The Bertz CT molecular complexity index is 1730. The molecule has 1 fully saturated rings. The lowest BCUT2D eigenvalue weighted by Crippen LogP contribution is -2.64. The summed E-state index contributed by atoms with van der Waals surface area (Å²) in [6.07, 6.45) is 21.6. The molecule has 0 aromatic rings. The number of allylic oxidation sites excluding steroid dienone is 11. The van der Waals surface area contributed by atoms with E-state index in [1.54, 1.807) is 36.5 Å². The quantitative estimate of drug-likeness (QED) is 0.0106. The van der Waals surface area contributed by atoms with Crippen LogP contribution in [-0.2, 0) is 41.8 Å².